The fourth-order valence-corrected chi connectivity index (χ4v) is 1.47. The van der Waals surface area contributed by atoms with Crippen molar-refractivity contribution in [2.75, 3.05) is 11.9 Å². The summed E-state index contributed by atoms with van der Waals surface area (Å²) in [4.78, 5) is 11.7. The summed E-state index contributed by atoms with van der Waals surface area (Å²) >= 11 is 5.89. The summed E-state index contributed by atoms with van der Waals surface area (Å²) in [5.74, 6) is 0.563. The van der Waals surface area contributed by atoms with Crippen LogP contribution in [0, 0.1) is 0 Å². The van der Waals surface area contributed by atoms with Crippen molar-refractivity contribution in [3.8, 4) is 5.75 Å². The number of hydrogen-bond donors (Lipinski definition) is 1. The lowest BCUT2D eigenvalue weighted by Crippen LogP contribution is -2.27. The first kappa shape index (κ1) is 14.6. The number of anilines is 1. The van der Waals surface area contributed by atoms with Crippen molar-refractivity contribution >= 4 is 23.4 Å². The van der Waals surface area contributed by atoms with Crippen LogP contribution in [0.15, 0.2) is 18.2 Å². The average Bonchev–Trinajstić information content (AvgIpc) is 2.19. The molecule has 1 rings (SSSR count). The van der Waals surface area contributed by atoms with E-state index >= 15 is 0 Å². The standard InChI is InChI=1S/C13H18ClNO3/c1-5-17-11-7-6-9(14)8-10(11)15-12(16)18-13(2,3)4/h6-8H,5H2,1-4H3,(H,15,16). The molecule has 0 saturated heterocycles. The number of hydrogen-bond acceptors (Lipinski definition) is 3. The van der Waals surface area contributed by atoms with Crippen molar-refractivity contribution in [1.82, 2.24) is 0 Å². The van der Waals surface area contributed by atoms with Crippen LogP contribution >= 0.6 is 11.6 Å². The second-order valence-electron chi connectivity index (χ2n) is 4.70. The van der Waals surface area contributed by atoms with Crippen LogP contribution in [0.4, 0.5) is 10.5 Å². The number of amides is 1. The average molecular weight is 272 g/mol. The lowest BCUT2D eigenvalue weighted by molar-refractivity contribution is 0.0635. The lowest BCUT2D eigenvalue weighted by atomic mass is 10.2. The second-order valence-corrected chi connectivity index (χ2v) is 5.14. The molecule has 0 aliphatic carbocycles. The summed E-state index contributed by atoms with van der Waals surface area (Å²) < 4.78 is 10.6. The molecule has 0 spiro atoms. The normalized spacial score (nSPS) is 10.9. The maximum Gasteiger partial charge on any atom is 0.412 e. The zero-order valence-electron chi connectivity index (χ0n) is 11.0. The SMILES string of the molecule is CCOc1ccc(Cl)cc1NC(=O)OC(C)(C)C. The summed E-state index contributed by atoms with van der Waals surface area (Å²) in [7, 11) is 0. The van der Waals surface area contributed by atoms with E-state index in [4.69, 9.17) is 21.1 Å². The Labute approximate surface area is 112 Å². The quantitative estimate of drug-likeness (QED) is 0.901. The highest BCUT2D eigenvalue weighted by Gasteiger charge is 2.17. The molecule has 0 bridgehead atoms. The highest BCUT2D eigenvalue weighted by Crippen LogP contribution is 2.28. The molecule has 100 valence electrons. The van der Waals surface area contributed by atoms with E-state index in [0.717, 1.165) is 0 Å². The molecule has 1 amide bonds. The minimum absolute atomic E-state index is 0.499. The molecule has 0 radical (unpaired) electrons. The van der Waals surface area contributed by atoms with Gasteiger partial charge in [-0.1, -0.05) is 11.6 Å². The van der Waals surface area contributed by atoms with Crippen LogP contribution in [0.1, 0.15) is 27.7 Å². The Balaban J connectivity index is 2.82. The third-order valence-corrected chi connectivity index (χ3v) is 2.11. The Morgan fingerprint density at radius 3 is 2.61 bits per heavy atom. The van der Waals surface area contributed by atoms with Gasteiger partial charge in [0.25, 0.3) is 0 Å². The molecule has 1 aromatic carbocycles. The van der Waals surface area contributed by atoms with Gasteiger partial charge in [0, 0.05) is 5.02 Å². The minimum atomic E-state index is -0.547. The van der Waals surface area contributed by atoms with Crippen LogP contribution in [0.3, 0.4) is 0 Å². The fraction of sp³-hybridized carbons (Fsp3) is 0.462. The largest absolute Gasteiger partial charge is 0.492 e. The molecule has 0 aliphatic heterocycles. The molecule has 5 heteroatoms. The van der Waals surface area contributed by atoms with Crippen molar-refractivity contribution in [2.24, 2.45) is 0 Å². The molecule has 1 aromatic rings. The van der Waals surface area contributed by atoms with Gasteiger partial charge in [0.1, 0.15) is 11.4 Å². The van der Waals surface area contributed by atoms with Crippen LogP contribution < -0.4 is 10.1 Å². The number of carbonyl (C=O) groups is 1. The molecular formula is C13H18ClNO3. The number of rotatable bonds is 3. The summed E-state index contributed by atoms with van der Waals surface area (Å²) in [5.41, 5.74) is -0.0485. The molecule has 0 atom stereocenters. The Kier molecular flexibility index (Phi) is 4.84. The second kappa shape index (κ2) is 5.96. The summed E-state index contributed by atoms with van der Waals surface area (Å²) in [5, 5.41) is 3.14. The Morgan fingerprint density at radius 1 is 1.39 bits per heavy atom. The molecule has 0 saturated carbocycles. The van der Waals surface area contributed by atoms with Crippen LogP contribution in [-0.4, -0.2) is 18.3 Å². The number of nitrogens with one attached hydrogen (secondary N) is 1. The molecule has 18 heavy (non-hydrogen) atoms. The Hall–Kier alpha value is -1.42. The number of ether oxygens (including phenoxy) is 2. The van der Waals surface area contributed by atoms with Gasteiger partial charge in [0.15, 0.2) is 0 Å². The van der Waals surface area contributed by atoms with Crippen molar-refractivity contribution in [1.29, 1.82) is 0 Å². The van der Waals surface area contributed by atoms with E-state index in [1.54, 1.807) is 39.0 Å². The first-order chi connectivity index (χ1) is 8.31. The van der Waals surface area contributed by atoms with Crippen LogP contribution in [0.5, 0.6) is 5.75 Å². The molecule has 0 aromatic heterocycles. The summed E-state index contributed by atoms with van der Waals surface area (Å²) in [6.45, 7) is 7.77. The van der Waals surface area contributed by atoms with Gasteiger partial charge in [-0.3, -0.25) is 5.32 Å². The Morgan fingerprint density at radius 2 is 2.06 bits per heavy atom. The number of benzene rings is 1. The highest BCUT2D eigenvalue weighted by molar-refractivity contribution is 6.31. The van der Waals surface area contributed by atoms with Gasteiger partial charge in [-0.15, -0.1) is 0 Å². The van der Waals surface area contributed by atoms with E-state index in [1.807, 2.05) is 6.92 Å². The molecule has 0 fully saturated rings. The first-order valence-corrected chi connectivity index (χ1v) is 6.12. The highest BCUT2D eigenvalue weighted by atomic mass is 35.5. The van der Waals surface area contributed by atoms with Gasteiger partial charge >= 0.3 is 6.09 Å². The van der Waals surface area contributed by atoms with E-state index in [0.29, 0.717) is 23.1 Å². The van der Waals surface area contributed by atoms with E-state index in [-0.39, 0.29) is 0 Å². The van der Waals surface area contributed by atoms with Crippen molar-refractivity contribution in [2.45, 2.75) is 33.3 Å². The van der Waals surface area contributed by atoms with Gasteiger partial charge in [-0.2, -0.15) is 0 Å². The fourth-order valence-electron chi connectivity index (χ4n) is 1.29. The maximum atomic E-state index is 11.7. The van der Waals surface area contributed by atoms with E-state index in [9.17, 15) is 4.79 Å². The molecular weight excluding hydrogens is 254 g/mol. The van der Waals surface area contributed by atoms with E-state index in [1.165, 1.54) is 0 Å². The van der Waals surface area contributed by atoms with Gasteiger partial charge in [0.05, 0.1) is 12.3 Å². The zero-order chi connectivity index (χ0) is 13.8. The third-order valence-electron chi connectivity index (χ3n) is 1.88. The first-order valence-electron chi connectivity index (χ1n) is 5.74. The molecule has 0 heterocycles. The minimum Gasteiger partial charge on any atom is -0.492 e. The Bertz CT molecular complexity index is 427. The summed E-state index contributed by atoms with van der Waals surface area (Å²) in [6, 6.07) is 5.03. The van der Waals surface area contributed by atoms with Crippen molar-refractivity contribution in [3.63, 3.8) is 0 Å². The number of carbonyl (C=O) groups excluding carboxylic acids is 1. The molecule has 1 N–H and O–H groups in total. The predicted octanol–water partition coefficient (Wildman–Crippen LogP) is 4.09. The maximum absolute atomic E-state index is 11.7. The van der Waals surface area contributed by atoms with Gasteiger partial charge in [-0.05, 0) is 45.9 Å². The van der Waals surface area contributed by atoms with Gasteiger partial charge in [0.2, 0.25) is 0 Å². The van der Waals surface area contributed by atoms with Gasteiger partial charge in [-0.25, -0.2) is 4.79 Å². The van der Waals surface area contributed by atoms with Crippen LogP contribution in [-0.2, 0) is 4.74 Å². The van der Waals surface area contributed by atoms with Gasteiger partial charge < -0.3 is 9.47 Å². The van der Waals surface area contributed by atoms with Crippen molar-refractivity contribution in [3.05, 3.63) is 23.2 Å². The van der Waals surface area contributed by atoms with Crippen molar-refractivity contribution < 1.29 is 14.3 Å². The summed E-state index contributed by atoms with van der Waals surface area (Å²) in [6.07, 6.45) is -0.536. The van der Waals surface area contributed by atoms with Crippen LogP contribution in [0.2, 0.25) is 5.02 Å². The topological polar surface area (TPSA) is 47.6 Å². The van der Waals surface area contributed by atoms with E-state index in [2.05, 4.69) is 5.32 Å². The monoisotopic (exact) mass is 271 g/mol. The molecule has 0 unspecified atom stereocenters. The smallest absolute Gasteiger partial charge is 0.412 e. The number of halogens is 1. The predicted molar refractivity (Wildman–Crippen MR) is 72.5 cm³/mol. The lowest BCUT2D eigenvalue weighted by Gasteiger charge is -2.20. The third kappa shape index (κ3) is 4.84. The zero-order valence-corrected chi connectivity index (χ0v) is 11.8. The molecule has 4 nitrogen and oxygen atoms in total. The molecule has 0 aliphatic rings. The van der Waals surface area contributed by atoms with E-state index < -0.39 is 11.7 Å². The van der Waals surface area contributed by atoms with Crippen LogP contribution in [0.25, 0.3) is 0 Å².